The minimum atomic E-state index is -0.542. The summed E-state index contributed by atoms with van der Waals surface area (Å²) in [7, 11) is 0. The van der Waals surface area contributed by atoms with E-state index in [2.05, 4.69) is 0 Å². The normalized spacial score (nSPS) is 23.1. The summed E-state index contributed by atoms with van der Waals surface area (Å²) in [6, 6.07) is 9.50. The number of carbonyl (C=O) groups excluding carboxylic acids is 1. The molecule has 2 atom stereocenters. The number of aliphatic hydroxyl groups excluding tert-OH is 1. The quantitative estimate of drug-likeness (QED) is 0.822. The van der Waals surface area contributed by atoms with Gasteiger partial charge in [0.05, 0.1) is 12.6 Å². The number of nitrogens with two attached hydrogens (primary N) is 1. The van der Waals surface area contributed by atoms with Gasteiger partial charge in [0.1, 0.15) is 6.61 Å². The molecule has 1 aromatic carbocycles. The second-order valence-electron chi connectivity index (χ2n) is 4.51. The van der Waals surface area contributed by atoms with Gasteiger partial charge < -0.3 is 20.5 Å². The Labute approximate surface area is 106 Å². The van der Waals surface area contributed by atoms with Gasteiger partial charge in [0, 0.05) is 12.5 Å². The van der Waals surface area contributed by atoms with Gasteiger partial charge >= 0.3 is 6.09 Å². The van der Waals surface area contributed by atoms with Crippen LogP contribution in [0.3, 0.4) is 0 Å². The average molecular weight is 250 g/mol. The highest BCUT2D eigenvalue weighted by Gasteiger charge is 2.33. The van der Waals surface area contributed by atoms with Gasteiger partial charge in [-0.15, -0.1) is 0 Å². The van der Waals surface area contributed by atoms with E-state index in [0.717, 1.165) is 5.56 Å². The Morgan fingerprint density at radius 1 is 1.39 bits per heavy atom. The van der Waals surface area contributed by atoms with E-state index in [9.17, 15) is 9.90 Å². The summed E-state index contributed by atoms with van der Waals surface area (Å²) in [5.74, 6) is -0.0470. The highest BCUT2D eigenvalue weighted by molar-refractivity contribution is 5.68. The van der Waals surface area contributed by atoms with Crippen LogP contribution in [0.4, 0.5) is 4.79 Å². The molecule has 98 valence electrons. The molecule has 5 nitrogen and oxygen atoms in total. The Hall–Kier alpha value is -1.59. The summed E-state index contributed by atoms with van der Waals surface area (Å²) in [6.07, 6.45) is -0.937. The van der Waals surface area contributed by atoms with E-state index in [4.69, 9.17) is 10.5 Å². The minimum absolute atomic E-state index is 0.0470. The molecule has 1 aliphatic rings. The Morgan fingerprint density at radius 3 is 2.72 bits per heavy atom. The summed E-state index contributed by atoms with van der Waals surface area (Å²) in [5.41, 5.74) is 6.46. The number of ether oxygens (including phenoxy) is 1. The molecule has 1 fully saturated rings. The molecular weight excluding hydrogens is 232 g/mol. The number of aliphatic hydroxyl groups is 1. The average Bonchev–Trinajstić information content (AvgIpc) is 2.78. The molecule has 18 heavy (non-hydrogen) atoms. The molecule has 0 radical (unpaired) electrons. The summed E-state index contributed by atoms with van der Waals surface area (Å²) in [5, 5.41) is 9.66. The molecule has 0 aromatic heterocycles. The van der Waals surface area contributed by atoms with Gasteiger partial charge in [-0.2, -0.15) is 0 Å². The van der Waals surface area contributed by atoms with Crippen molar-refractivity contribution in [1.29, 1.82) is 0 Å². The topological polar surface area (TPSA) is 75.8 Å². The van der Waals surface area contributed by atoms with E-state index in [1.807, 2.05) is 30.3 Å². The molecular formula is C13H18N2O3. The fourth-order valence-corrected chi connectivity index (χ4v) is 2.05. The van der Waals surface area contributed by atoms with Crippen molar-refractivity contribution in [2.24, 2.45) is 11.7 Å². The van der Waals surface area contributed by atoms with Crippen LogP contribution in [0.15, 0.2) is 30.3 Å². The summed E-state index contributed by atoms with van der Waals surface area (Å²) in [4.78, 5) is 13.3. The molecule has 3 N–H and O–H groups in total. The van der Waals surface area contributed by atoms with Crippen molar-refractivity contribution < 1.29 is 14.6 Å². The fraction of sp³-hybridized carbons (Fsp3) is 0.462. The summed E-state index contributed by atoms with van der Waals surface area (Å²) >= 11 is 0. The lowest BCUT2D eigenvalue weighted by Gasteiger charge is -2.15. The number of carbonyl (C=O) groups is 1. The molecule has 2 rings (SSSR count). The van der Waals surface area contributed by atoms with E-state index >= 15 is 0 Å². The second kappa shape index (κ2) is 5.84. The zero-order valence-corrected chi connectivity index (χ0v) is 10.2. The number of benzene rings is 1. The molecule has 0 spiro atoms. The van der Waals surface area contributed by atoms with Crippen LogP contribution < -0.4 is 5.73 Å². The van der Waals surface area contributed by atoms with Crippen LogP contribution in [0.5, 0.6) is 0 Å². The number of hydrogen-bond acceptors (Lipinski definition) is 4. The number of likely N-dealkylation sites (tertiary alicyclic amines) is 1. The van der Waals surface area contributed by atoms with E-state index in [0.29, 0.717) is 19.6 Å². The predicted molar refractivity (Wildman–Crippen MR) is 66.8 cm³/mol. The molecule has 0 aliphatic carbocycles. The van der Waals surface area contributed by atoms with Crippen LogP contribution in [0.2, 0.25) is 0 Å². The number of β-amino-alcohol motifs (C(OH)–C–C–N with tert-alkyl or cyclic N) is 1. The number of rotatable bonds is 3. The Balaban J connectivity index is 1.82. The van der Waals surface area contributed by atoms with E-state index in [-0.39, 0.29) is 12.5 Å². The molecule has 0 unspecified atom stereocenters. The first-order valence-corrected chi connectivity index (χ1v) is 6.04. The standard InChI is InChI=1S/C13H18N2O3/c14-6-11-7-15(8-12(11)16)13(17)18-9-10-4-2-1-3-5-10/h1-5,11-12,16H,6-9,14H2/t11-,12-/m1/s1. The Kier molecular flexibility index (Phi) is 4.17. The number of amides is 1. The molecule has 1 saturated heterocycles. The number of hydrogen-bond donors (Lipinski definition) is 2. The monoisotopic (exact) mass is 250 g/mol. The van der Waals surface area contributed by atoms with Gasteiger partial charge in [-0.05, 0) is 12.1 Å². The van der Waals surface area contributed by atoms with Gasteiger partial charge in [0.25, 0.3) is 0 Å². The van der Waals surface area contributed by atoms with Crippen molar-refractivity contribution in [3.05, 3.63) is 35.9 Å². The van der Waals surface area contributed by atoms with Crippen molar-refractivity contribution in [2.45, 2.75) is 12.7 Å². The zero-order valence-electron chi connectivity index (χ0n) is 10.2. The maximum atomic E-state index is 11.8. The zero-order chi connectivity index (χ0) is 13.0. The lowest BCUT2D eigenvalue weighted by atomic mass is 10.1. The van der Waals surface area contributed by atoms with Crippen molar-refractivity contribution in [3.8, 4) is 0 Å². The molecule has 0 saturated carbocycles. The Morgan fingerprint density at radius 2 is 2.11 bits per heavy atom. The van der Waals surface area contributed by atoms with Gasteiger partial charge in [-0.1, -0.05) is 30.3 Å². The van der Waals surface area contributed by atoms with Crippen LogP contribution in [-0.2, 0) is 11.3 Å². The Bertz CT molecular complexity index is 396. The van der Waals surface area contributed by atoms with E-state index < -0.39 is 12.2 Å². The SMILES string of the molecule is NC[C@@H]1CN(C(=O)OCc2ccccc2)C[C@H]1O. The molecule has 1 amide bonds. The third-order valence-corrected chi connectivity index (χ3v) is 3.17. The summed E-state index contributed by atoms with van der Waals surface area (Å²) < 4.78 is 5.19. The molecule has 5 heteroatoms. The highest BCUT2D eigenvalue weighted by Crippen LogP contribution is 2.17. The van der Waals surface area contributed by atoms with Gasteiger partial charge in [-0.25, -0.2) is 4.79 Å². The lowest BCUT2D eigenvalue weighted by molar-refractivity contribution is 0.0967. The maximum absolute atomic E-state index is 11.8. The second-order valence-corrected chi connectivity index (χ2v) is 4.51. The van der Waals surface area contributed by atoms with Crippen LogP contribution in [0.25, 0.3) is 0 Å². The molecule has 0 bridgehead atoms. The number of nitrogens with zero attached hydrogens (tertiary/aromatic N) is 1. The third-order valence-electron chi connectivity index (χ3n) is 3.17. The first-order valence-electron chi connectivity index (χ1n) is 6.04. The van der Waals surface area contributed by atoms with Crippen molar-refractivity contribution >= 4 is 6.09 Å². The molecule has 1 aromatic rings. The van der Waals surface area contributed by atoms with Crippen LogP contribution in [-0.4, -0.2) is 41.8 Å². The first-order chi connectivity index (χ1) is 8.70. The summed E-state index contributed by atoms with van der Waals surface area (Å²) in [6.45, 7) is 1.39. The van der Waals surface area contributed by atoms with Crippen LogP contribution in [0.1, 0.15) is 5.56 Å². The van der Waals surface area contributed by atoms with Gasteiger partial charge in [-0.3, -0.25) is 0 Å². The largest absolute Gasteiger partial charge is 0.445 e. The van der Waals surface area contributed by atoms with Crippen molar-refractivity contribution in [2.75, 3.05) is 19.6 Å². The molecule has 1 heterocycles. The molecule has 1 aliphatic heterocycles. The fourth-order valence-electron chi connectivity index (χ4n) is 2.05. The lowest BCUT2D eigenvalue weighted by Crippen LogP contribution is -2.30. The minimum Gasteiger partial charge on any atom is -0.445 e. The predicted octanol–water partition coefficient (Wildman–Crippen LogP) is 0.575. The van der Waals surface area contributed by atoms with Gasteiger partial charge in [0.15, 0.2) is 0 Å². The van der Waals surface area contributed by atoms with Crippen LogP contribution in [0, 0.1) is 5.92 Å². The third kappa shape index (κ3) is 3.00. The van der Waals surface area contributed by atoms with E-state index in [1.54, 1.807) is 0 Å². The van der Waals surface area contributed by atoms with E-state index in [1.165, 1.54) is 4.90 Å². The maximum Gasteiger partial charge on any atom is 0.410 e. The highest BCUT2D eigenvalue weighted by atomic mass is 16.6. The smallest absolute Gasteiger partial charge is 0.410 e. The first kappa shape index (κ1) is 12.9. The van der Waals surface area contributed by atoms with Crippen LogP contribution >= 0.6 is 0 Å². The van der Waals surface area contributed by atoms with Crippen molar-refractivity contribution in [3.63, 3.8) is 0 Å². The van der Waals surface area contributed by atoms with Gasteiger partial charge in [0.2, 0.25) is 0 Å². The van der Waals surface area contributed by atoms with Crippen molar-refractivity contribution in [1.82, 2.24) is 4.90 Å².